The molecule has 0 aliphatic carbocycles. The topological polar surface area (TPSA) is 83.1 Å². The van der Waals surface area contributed by atoms with Gasteiger partial charge in [0.25, 0.3) is 5.91 Å². The number of nitrogens with one attached hydrogen (secondary N) is 1. The van der Waals surface area contributed by atoms with Crippen molar-refractivity contribution in [2.75, 3.05) is 27.9 Å². The predicted octanol–water partition coefficient (Wildman–Crippen LogP) is 2.32. The van der Waals surface area contributed by atoms with Crippen LogP contribution in [0, 0.1) is 5.82 Å². The molecule has 0 aliphatic rings. The molecule has 27 heavy (non-hydrogen) atoms. The van der Waals surface area contributed by atoms with E-state index in [1.54, 1.807) is 18.2 Å². The Hall–Kier alpha value is -3.29. The van der Waals surface area contributed by atoms with Gasteiger partial charge in [-0.15, -0.1) is 0 Å². The quantitative estimate of drug-likeness (QED) is 0.711. The van der Waals surface area contributed by atoms with Gasteiger partial charge in [0.15, 0.2) is 29.7 Å². The maximum absolute atomic E-state index is 13.6. The molecule has 0 atom stereocenters. The van der Waals surface area contributed by atoms with Crippen LogP contribution >= 0.6 is 0 Å². The standard InChI is InChI=1S/C19H20FNO6/c1-24-15-7-5-13(9-14(15)20)19(23)27-11-18(22)21-10-12-4-6-16(25-2)17(8-12)26-3/h4-9H,10-11H2,1-3H3,(H,21,22). The molecule has 0 radical (unpaired) electrons. The number of hydrogen-bond acceptors (Lipinski definition) is 6. The number of halogens is 1. The smallest absolute Gasteiger partial charge is 0.338 e. The Kier molecular flexibility index (Phi) is 6.99. The van der Waals surface area contributed by atoms with E-state index in [1.165, 1.54) is 33.5 Å². The Balaban J connectivity index is 1.85. The number of methoxy groups -OCH3 is 3. The zero-order valence-electron chi connectivity index (χ0n) is 15.2. The fourth-order valence-electron chi connectivity index (χ4n) is 2.25. The number of esters is 1. The number of rotatable bonds is 8. The summed E-state index contributed by atoms with van der Waals surface area (Å²) in [6.45, 7) is -0.270. The van der Waals surface area contributed by atoms with Gasteiger partial charge in [-0.2, -0.15) is 0 Å². The highest BCUT2D eigenvalue weighted by atomic mass is 19.1. The van der Waals surface area contributed by atoms with E-state index in [0.717, 1.165) is 11.6 Å². The van der Waals surface area contributed by atoms with Gasteiger partial charge in [-0.3, -0.25) is 4.79 Å². The highest BCUT2D eigenvalue weighted by Crippen LogP contribution is 2.27. The minimum absolute atomic E-state index is 0.0130. The van der Waals surface area contributed by atoms with Crippen LogP contribution in [0.3, 0.4) is 0 Å². The summed E-state index contributed by atoms with van der Waals surface area (Å²) in [6, 6.07) is 8.87. The number of carbonyl (C=O) groups is 2. The second-order valence-corrected chi connectivity index (χ2v) is 5.39. The van der Waals surface area contributed by atoms with Crippen LogP contribution in [0.1, 0.15) is 15.9 Å². The molecule has 2 aromatic carbocycles. The lowest BCUT2D eigenvalue weighted by Gasteiger charge is -2.10. The van der Waals surface area contributed by atoms with E-state index in [4.69, 9.17) is 18.9 Å². The van der Waals surface area contributed by atoms with Gasteiger partial charge in [0, 0.05) is 6.54 Å². The van der Waals surface area contributed by atoms with Crippen molar-refractivity contribution in [3.63, 3.8) is 0 Å². The van der Waals surface area contributed by atoms with Gasteiger partial charge in [0.1, 0.15) is 0 Å². The van der Waals surface area contributed by atoms with Crippen molar-refractivity contribution < 1.29 is 32.9 Å². The average molecular weight is 377 g/mol. The Morgan fingerprint density at radius 1 is 0.926 bits per heavy atom. The molecule has 0 bridgehead atoms. The van der Waals surface area contributed by atoms with Gasteiger partial charge in [-0.25, -0.2) is 9.18 Å². The van der Waals surface area contributed by atoms with Crippen molar-refractivity contribution in [3.8, 4) is 17.2 Å². The third kappa shape index (κ3) is 5.34. The summed E-state index contributed by atoms with van der Waals surface area (Å²) < 4.78 is 33.6. The van der Waals surface area contributed by atoms with Gasteiger partial charge in [-0.1, -0.05) is 6.07 Å². The van der Waals surface area contributed by atoms with Crippen molar-refractivity contribution in [2.45, 2.75) is 6.54 Å². The Morgan fingerprint density at radius 3 is 2.22 bits per heavy atom. The van der Waals surface area contributed by atoms with Crippen molar-refractivity contribution in [2.24, 2.45) is 0 Å². The molecular weight excluding hydrogens is 357 g/mol. The molecule has 7 nitrogen and oxygen atoms in total. The van der Waals surface area contributed by atoms with E-state index in [2.05, 4.69) is 5.32 Å². The summed E-state index contributed by atoms with van der Waals surface area (Å²) in [7, 11) is 4.36. The lowest BCUT2D eigenvalue weighted by molar-refractivity contribution is -0.124. The van der Waals surface area contributed by atoms with Crippen LogP contribution in [0.2, 0.25) is 0 Å². The summed E-state index contributed by atoms with van der Waals surface area (Å²) in [6.07, 6.45) is 0. The second-order valence-electron chi connectivity index (χ2n) is 5.39. The van der Waals surface area contributed by atoms with E-state index in [9.17, 15) is 14.0 Å². The monoisotopic (exact) mass is 377 g/mol. The van der Waals surface area contributed by atoms with Gasteiger partial charge >= 0.3 is 5.97 Å². The molecule has 0 spiro atoms. The van der Waals surface area contributed by atoms with Crippen molar-refractivity contribution in [3.05, 3.63) is 53.3 Å². The fourth-order valence-corrected chi connectivity index (χ4v) is 2.25. The molecule has 0 fully saturated rings. The van der Waals surface area contributed by atoms with E-state index in [1.807, 2.05) is 0 Å². The van der Waals surface area contributed by atoms with Gasteiger partial charge in [0.05, 0.1) is 26.9 Å². The fraction of sp³-hybridized carbons (Fsp3) is 0.263. The molecule has 144 valence electrons. The molecule has 0 saturated heterocycles. The van der Waals surface area contributed by atoms with E-state index >= 15 is 0 Å². The summed E-state index contributed by atoms with van der Waals surface area (Å²) in [4.78, 5) is 23.7. The van der Waals surface area contributed by atoms with Crippen molar-refractivity contribution in [1.29, 1.82) is 0 Å². The summed E-state index contributed by atoms with van der Waals surface area (Å²) in [5, 5.41) is 2.62. The molecule has 8 heteroatoms. The lowest BCUT2D eigenvalue weighted by atomic mass is 10.2. The molecule has 1 amide bonds. The predicted molar refractivity (Wildman–Crippen MR) is 94.6 cm³/mol. The summed E-state index contributed by atoms with van der Waals surface area (Å²) in [5.74, 6) is -0.862. The SMILES string of the molecule is COc1ccc(C(=O)OCC(=O)NCc2ccc(OC)c(OC)c2)cc1F. The van der Waals surface area contributed by atoms with Gasteiger partial charge < -0.3 is 24.3 Å². The molecule has 0 heterocycles. The molecule has 2 rings (SSSR count). The number of carbonyl (C=O) groups excluding carboxylic acids is 2. The molecule has 0 aliphatic heterocycles. The molecular formula is C19H20FNO6. The van der Waals surface area contributed by atoms with Crippen LogP contribution in [-0.2, 0) is 16.1 Å². The Morgan fingerprint density at radius 2 is 1.59 bits per heavy atom. The van der Waals surface area contributed by atoms with Gasteiger partial charge in [0.2, 0.25) is 0 Å². The Bertz CT molecular complexity index is 824. The first-order valence-electron chi connectivity index (χ1n) is 7.96. The average Bonchev–Trinajstić information content (AvgIpc) is 2.69. The van der Waals surface area contributed by atoms with Crippen LogP contribution in [0.5, 0.6) is 17.2 Å². The van der Waals surface area contributed by atoms with Crippen molar-refractivity contribution in [1.82, 2.24) is 5.32 Å². The first-order chi connectivity index (χ1) is 13.0. The third-order valence-electron chi connectivity index (χ3n) is 3.66. The molecule has 0 unspecified atom stereocenters. The van der Waals surface area contributed by atoms with Crippen LogP contribution in [0.15, 0.2) is 36.4 Å². The van der Waals surface area contributed by atoms with E-state index in [0.29, 0.717) is 11.5 Å². The highest BCUT2D eigenvalue weighted by molar-refractivity contribution is 5.91. The molecule has 0 saturated carbocycles. The normalized spacial score (nSPS) is 10.1. The van der Waals surface area contributed by atoms with Crippen LogP contribution in [0.25, 0.3) is 0 Å². The Labute approximate surface area is 156 Å². The maximum Gasteiger partial charge on any atom is 0.338 e. The first-order valence-corrected chi connectivity index (χ1v) is 7.96. The van der Waals surface area contributed by atoms with Crippen molar-refractivity contribution >= 4 is 11.9 Å². The van der Waals surface area contributed by atoms with Crippen LogP contribution < -0.4 is 19.5 Å². The summed E-state index contributed by atoms with van der Waals surface area (Å²) in [5.41, 5.74) is 0.769. The second kappa shape index (κ2) is 9.42. The van der Waals surface area contributed by atoms with Crippen LogP contribution in [-0.4, -0.2) is 39.8 Å². The molecule has 1 N–H and O–H groups in total. The van der Waals surface area contributed by atoms with E-state index < -0.39 is 24.3 Å². The largest absolute Gasteiger partial charge is 0.494 e. The van der Waals surface area contributed by atoms with E-state index in [-0.39, 0.29) is 17.9 Å². The number of hydrogen-bond donors (Lipinski definition) is 1. The molecule has 0 aromatic heterocycles. The maximum atomic E-state index is 13.6. The number of amides is 1. The lowest BCUT2D eigenvalue weighted by Crippen LogP contribution is -2.28. The zero-order valence-corrected chi connectivity index (χ0v) is 15.2. The zero-order chi connectivity index (χ0) is 19.8. The highest BCUT2D eigenvalue weighted by Gasteiger charge is 2.13. The minimum atomic E-state index is -0.808. The summed E-state index contributed by atoms with van der Waals surface area (Å²) >= 11 is 0. The number of benzene rings is 2. The van der Waals surface area contributed by atoms with Gasteiger partial charge in [-0.05, 0) is 35.9 Å². The number of ether oxygens (including phenoxy) is 4. The third-order valence-corrected chi connectivity index (χ3v) is 3.66. The first kappa shape index (κ1) is 20.0. The van der Waals surface area contributed by atoms with Crippen LogP contribution in [0.4, 0.5) is 4.39 Å². The molecule has 2 aromatic rings. The minimum Gasteiger partial charge on any atom is -0.494 e.